The summed E-state index contributed by atoms with van der Waals surface area (Å²) in [5.41, 5.74) is 0.975. The van der Waals surface area contributed by atoms with Crippen LogP contribution in [-0.2, 0) is 15.6 Å². The average Bonchev–Trinajstić information content (AvgIpc) is 2.16. The molecule has 2 aromatic rings. The van der Waals surface area contributed by atoms with Gasteiger partial charge in [0.1, 0.15) is 0 Å². The molecule has 0 radical (unpaired) electrons. The summed E-state index contributed by atoms with van der Waals surface area (Å²) < 4.78 is 22.7. The molecule has 2 nitrogen and oxygen atoms in total. The SMILES string of the molecule is O=S1(=O)Cc2c1ccc1ccccc21. The van der Waals surface area contributed by atoms with Crippen LogP contribution in [-0.4, -0.2) is 8.42 Å². The first-order valence-corrected chi connectivity index (χ1v) is 6.07. The summed E-state index contributed by atoms with van der Waals surface area (Å²) in [5, 5.41) is 2.18. The van der Waals surface area contributed by atoms with Crippen LogP contribution in [0.15, 0.2) is 41.3 Å². The van der Waals surface area contributed by atoms with Crippen LogP contribution < -0.4 is 0 Å². The van der Waals surface area contributed by atoms with Crippen LogP contribution in [0, 0.1) is 0 Å². The van der Waals surface area contributed by atoms with E-state index >= 15 is 0 Å². The highest BCUT2D eigenvalue weighted by atomic mass is 32.2. The number of fused-ring (bicyclic) bond motifs is 3. The second-order valence-corrected chi connectivity index (χ2v) is 5.48. The van der Waals surface area contributed by atoms with Crippen molar-refractivity contribution in [1.29, 1.82) is 0 Å². The van der Waals surface area contributed by atoms with E-state index in [4.69, 9.17) is 0 Å². The molecule has 0 fully saturated rings. The molecule has 1 heterocycles. The van der Waals surface area contributed by atoms with Crippen molar-refractivity contribution >= 4 is 20.6 Å². The fraction of sp³-hybridized carbons (Fsp3) is 0.0909. The second-order valence-electron chi connectivity index (χ2n) is 3.52. The molecule has 0 aromatic heterocycles. The van der Waals surface area contributed by atoms with Gasteiger partial charge in [0, 0.05) is 0 Å². The summed E-state index contributed by atoms with van der Waals surface area (Å²) in [6.07, 6.45) is 0. The largest absolute Gasteiger partial charge is 0.223 e. The predicted molar refractivity (Wildman–Crippen MR) is 54.8 cm³/mol. The van der Waals surface area contributed by atoms with E-state index in [-0.39, 0.29) is 5.75 Å². The Morgan fingerprint density at radius 2 is 1.79 bits per heavy atom. The minimum atomic E-state index is -2.93. The van der Waals surface area contributed by atoms with E-state index in [0.717, 1.165) is 16.3 Å². The van der Waals surface area contributed by atoms with Crippen LogP contribution in [0.4, 0.5) is 0 Å². The van der Waals surface area contributed by atoms with Crippen molar-refractivity contribution < 1.29 is 8.42 Å². The van der Waals surface area contributed by atoms with Crippen LogP contribution in [0.5, 0.6) is 0 Å². The highest BCUT2D eigenvalue weighted by Crippen LogP contribution is 2.36. The van der Waals surface area contributed by atoms with Crippen LogP contribution in [0.25, 0.3) is 10.8 Å². The minimum absolute atomic E-state index is 0.198. The van der Waals surface area contributed by atoms with Gasteiger partial charge in [0.15, 0.2) is 9.84 Å². The van der Waals surface area contributed by atoms with Gasteiger partial charge in [0.05, 0.1) is 10.6 Å². The minimum Gasteiger partial charge on any atom is -0.223 e. The molecule has 3 heteroatoms. The maximum absolute atomic E-state index is 11.4. The molecule has 0 saturated heterocycles. The fourth-order valence-electron chi connectivity index (χ4n) is 1.94. The lowest BCUT2D eigenvalue weighted by Crippen LogP contribution is -2.18. The molecule has 14 heavy (non-hydrogen) atoms. The van der Waals surface area contributed by atoms with E-state index in [9.17, 15) is 8.42 Å². The third-order valence-electron chi connectivity index (χ3n) is 2.67. The quantitative estimate of drug-likeness (QED) is 0.658. The number of sulfone groups is 1. The molecule has 1 aliphatic rings. The third kappa shape index (κ3) is 0.876. The normalized spacial score (nSPS) is 17.4. The van der Waals surface area contributed by atoms with E-state index in [1.165, 1.54) is 0 Å². The van der Waals surface area contributed by atoms with Crippen LogP contribution in [0.1, 0.15) is 5.56 Å². The molecule has 0 aliphatic carbocycles. The number of rotatable bonds is 0. The van der Waals surface area contributed by atoms with Gasteiger partial charge in [0.2, 0.25) is 0 Å². The Bertz CT molecular complexity index is 627. The lowest BCUT2D eigenvalue weighted by Gasteiger charge is -2.20. The van der Waals surface area contributed by atoms with Crippen molar-refractivity contribution in [3.63, 3.8) is 0 Å². The lowest BCUT2D eigenvalue weighted by atomic mass is 10.1. The molecule has 70 valence electrons. The van der Waals surface area contributed by atoms with Crippen LogP contribution >= 0.6 is 0 Å². The molecule has 0 atom stereocenters. The van der Waals surface area contributed by atoms with Gasteiger partial charge in [-0.25, -0.2) is 8.42 Å². The fourth-order valence-corrected chi connectivity index (χ4v) is 3.38. The molecule has 2 aromatic carbocycles. The maximum Gasteiger partial charge on any atom is 0.182 e. The van der Waals surface area contributed by atoms with Gasteiger partial charge in [-0.1, -0.05) is 30.3 Å². The topological polar surface area (TPSA) is 34.1 Å². The van der Waals surface area contributed by atoms with E-state index in [0.29, 0.717) is 4.90 Å². The van der Waals surface area contributed by atoms with Gasteiger partial charge in [-0.15, -0.1) is 0 Å². The molecule has 0 spiro atoms. The number of benzene rings is 2. The summed E-state index contributed by atoms with van der Waals surface area (Å²) in [6.45, 7) is 0. The van der Waals surface area contributed by atoms with Crippen LogP contribution in [0.3, 0.4) is 0 Å². The highest BCUT2D eigenvalue weighted by molar-refractivity contribution is 7.92. The summed E-state index contributed by atoms with van der Waals surface area (Å²) in [7, 11) is -2.93. The van der Waals surface area contributed by atoms with Gasteiger partial charge in [-0.05, 0) is 22.4 Å². The first kappa shape index (κ1) is 8.00. The van der Waals surface area contributed by atoms with Gasteiger partial charge < -0.3 is 0 Å². The molecule has 1 aliphatic heterocycles. The highest BCUT2D eigenvalue weighted by Gasteiger charge is 2.31. The van der Waals surface area contributed by atoms with Gasteiger partial charge in [-0.2, -0.15) is 0 Å². The van der Waals surface area contributed by atoms with Gasteiger partial charge in [0.25, 0.3) is 0 Å². The third-order valence-corrected chi connectivity index (χ3v) is 4.39. The Kier molecular flexibility index (Phi) is 1.35. The van der Waals surface area contributed by atoms with E-state index in [2.05, 4.69) is 0 Å². The van der Waals surface area contributed by atoms with Crippen molar-refractivity contribution in [3.05, 3.63) is 42.0 Å². The summed E-state index contributed by atoms with van der Waals surface area (Å²) in [5.74, 6) is 0.198. The van der Waals surface area contributed by atoms with Crippen LogP contribution in [0.2, 0.25) is 0 Å². The molecule has 0 saturated carbocycles. The second kappa shape index (κ2) is 2.36. The first-order chi connectivity index (χ1) is 6.68. The zero-order valence-electron chi connectivity index (χ0n) is 7.40. The Balaban J connectivity index is 2.48. The van der Waals surface area contributed by atoms with Crippen molar-refractivity contribution in [2.75, 3.05) is 0 Å². The molecule has 0 amide bonds. The smallest absolute Gasteiger partial charge is 0.182 e. The summed E-state index contributed by atoms with van der Waals surface area (Å²) >= 11 is 0. The number of hydrogen-bond donors (Lipinski definition) is 0. The summed E-state index contributed by atoms with van der Waals surface area (Å²) in [6, 6.07) is 11.4. The average molecular weight is 204 g/mol. The standard InChI is InChI=1S/C11H8O2S/c12-14(13)7-10-9-4-2-1-3-8(9)5-6-11(10)14/h1-6H,7H2. The predicted octanol–water partition coefficient (Wildman–Crippen LogP) is 2.13. The van der Waals surface area contributed by atoms with Crippen molar-refractivity contribution in [3.8, 4) is 0 Å². The molecule has 3 rings (SSSR count). The van der Waals surface area contributed by atoms with E-state index in [1.807, 2.05) is 30.3 Å². The molecular weight excluding hydrogens is 196 g/mol. The van der Waals surface area contributed by atoms with Gasteiger partial charge >= 0.3 is 0 Å². The first-order valence-electron chi connectivity index (χ1n) is 4.42. The van der Waals surface area contributed by atoms with Crippen molar-refractivity contribution in [1.82, 2.24) is 0 Å². The Hall–Kier alpha value is -1.35. The zero-order valence-corrected chi connectivity index (χ0v) is 8.21. The molecular formula is C11H8O2S. The van der Waals surface area contributed by atoms with Gasteiger partial charge in [-0.3, -0.25) is 0 Å². The Morgan fingerprint density at radius 1 is 1.00 bits per heavy atom. The number of hydrogen-bond acceptors (Lipinski definition) is 2. The molecule has 0 unspecified atom stereocenters. The zero-order chi connectivity index (χ0) is 9.76. The van der Waals surface area contributed by atoms with Crippen molar-refractivity contribution in [2.24, 2.45) is 0 Å². The lowest BCUT2D eigenvalue weighted by molar-refractivity contribution is 0.586. The van der Waals surface area contributed by atoms with E-state index < -0.39 is 9.84 Å². The van der Waals surface area contributed by atoms with E-state index in [1.54, 1.807) is 6.07 Å². The molecule has 0 N–H and O–H groups in total. The summed E-state index contributed by atoms with van der Waals surface area (Å²) in [4.78, 5) is 0.510. The maximum atomic E-state index is 11.4. The van der Waals surface area contributed by atoms with Crippen molar-refractivity contribution in [2.45, 2.75) is 10.6 Å². The Morgan fingerprint density at radius 3 is 2.57 bits per heavy atom. The Labute approximate surface area is 82.1 Å². The monoisotopic (exact) mass is 204 g/mol. The molecule has 0 bridgehead atoms.